The molecular formula is C23H32N2O3. The number of nitrogens with zero attached hydrogens (tertiary/aromatic N) is 2. The number of piperidine rings is 1. The van der Waals surface area contributed by atoms with Crippen molar-refractivity contribution in [1.29, 1.82) is 0 Å². The maximum Gasteiger partial charge on any atom is 0.237 e. The molecule has 0 bridgehead atoms. The van der Waals surface area contributed by atoms with E-state index in [0.717, 1.165) is 43.3 Å². The molecule has 0 radical (unpaired) electrons. The van der Waals surface area contributed by atoms with Gasteiger partial charge >= 0.3 is 0 Å². The van der Waals surface area contributed by atoms with E-state index in [1.807, 2.05) is 6.07 Å². The van der Waals surface area contributed by atoms with Gasteiger partial charge in [-0.25, -0.2) is 0 Å². The van der Waals surface area contributed by atoms with Crippen molar-refractivity contribution in [1.82, 2.24) is 9.80 Å². The summed E-state index contributed by atoms with van der Waals surface area (Å²) in [5.41, 5.74) is 1.25. The summed E-state index contributed by atoms with van der Waals surface area (Å²) in [5, 5.41) is 0. The van der Waals surface area contributed by atoms with Gasteiger partial charge in [-0.2, -0.15) is 0 Å². The van der Waals surface area contributed by atoms with Crippen molar-refractivity contribution < 1.29 is 14.3 Å². The minimum absolute atomic E-state index is 0.312. The zero-order valence-electron chi connectivity index (χ0n) is 16.8. The summed E-state index contributed by atoms with van der Waals surface area (Å²) in [6, 6.07) is 7.12. The van der Waals surface area contributed by atoms with Crippen LogP contribution < -0.4 is 9.47 Å². The van der Waals surface area contributed by atoms with Gasteiger partial charge in [0.2, 0.25) is 5.91 Å². The fourth-order valence-corrected chi connectivity index (χ4v) is 5.86. The molecule has 1 aromatic carbocycles. The molecule has 0 spiro atoms. The van der Waals surface area contributed by atoms with E-state index >= 15 is 0 Å². The monoisotopic (exact) mass is 384 g/mol. The second kappa shape index (κ2) is 7.94. The third-order valence-corrected chi connectivity index (χ3v) is 7.22. The van der Waals surface area contributed by atoms with Gasteiger partial charge in [0.25, 0.3) is 0 Å². The van der Waals surface area contributed by atoms with E-state index in [1.54, 1.807) is 0 Å². The van der Waals surface area contributed by atoms with Crippen LogP contribution >= 0.6 is 0 Å². The predicted molar refractivity (Wildman–Crippen MR) is 108 cm³/mol. The SMILES string of the molecule is O=C(CN1CCC[C@@H]1c1ccc2c(c1)OCCO2)N1CCC[C@H]2CCCC[C@H]21. The number of amides is 1. The highest BCUT2D eigenvalue weighted by atomic mass is 16.6. The number of hydrogen-bond acceptors (Lipinski definition) is 4. The summed E-state index contributed by atoms with van der Waals surface area (Å²) >= 11 is 0. The number of carbonyl (C=O) groups is 1. The van der Waals surface area contributed by atoms with E-state index in [1.165, 1.54) is 44.1 Å². The Morgan fingerprint density at radius 2 is 1.71 bits per heavy atom. The van der Waals surface area contributed by atoms with Crippen LogP contribution in [-0.4, -0.2) is 54.6 Å². The molecular weight excluding hydrogens is 352 g/mol. The second-order valence-electron chi connectivity index (χ2n) is 8.87. The average molecular weight is 385 g/mol. The van der Waals surface area contributed by atoms with Crippen molar-refractivity contribution >= 4 is 5.91 Å². The molecule has 5 nitrogen and oxygen atoms in total. The average Bonchev–Trinajstić information content (AvgIpc) is 3.21. The summed E-state index contributed by atoms with van der Waals surface area (Å²) in [7, 11) is 0. The fourth-order valence-electron chi connectivity index (χ4n) is 5.86. The molecule has 1 saturated carbocycles. The van der Waals surface area contributed by atoms with Crippen molar-refractivity contribution in [2.24, 2.45) is 5.92 Å². The van der Waals surface area contributed by atoms with Gasteiger partial charge in [0.1, 0.15) is 13.2 Å². The van der Waals surface area contributed by atoms with E-state index < -0.39 is 0 Å². The summed E-state index contributed by atoms with van der Waals surface area (Å²) in [4.78, 5) is 17.9. The van der Waals surface area contributed by atoms with Crippen molar-refractivity contribution in [2.45, 2.75) is 63.5 Å². The number of hydrogen-bond donors (Lipinski definition) is 0. The van der Waals surface area contributed by atoms with Gasteiger partial charge in [0, 0.05) is 18.6 Å². The first-order valence-corrected chi connectivity index (χ1v) is 11.2. The molecule has 3 aliphatic heterocycles. The smallest absolute Gasteiger partial charge is 0.237 e. The van der Waals surface area contributed by atoms with Gasteiger partial charge in [-0.15, -0.1) is 0 Å². The number of carbonyl (C=O) groups excluding carboxylic acids is 1. The zero-order chi connectivity index (χ0) is 18.9. The number of benzene rings is 1. The van der Waals surface area contributed by atoms with Crippen LogP contribution in [0.15, 0.2) is 18.2 Å². The first-order valence-electron chi connectivity index (χ1n) is 11.2. The van der Waals surface area contributed by atoms with Crippen molar-refractivity contribution in [3.8, 4) is 11.5 Å². The largest absolute Gasteiger partial charge is 0.486 e. The Hall–Kier alpha value is -1.75. The lowest BCUT2D eigenvalue weighted by Gasteiger charge is -2.44. The van der Waals surface area contributed by atoms with E-state index in [-0.39, 0.29) is 0 Å². The van der Waals surface area contributed by atoms with Crippen LogP contribution in [0.5, 0.6) is 11.5 Å². The molecule has 0 N–H and O–H groups in total. The molecule has 3 heterocycles. The normalized spacial score (nSPS) is 30.1. The molecule has 1 aliphatic carbocycles. The minimum Gasteiger partial charge on any atom is -0.486 e. The Kier molecular flexibility index (Phi) is 5.19. The Morgan fingerprint density at radius 1 is 0.929 bits per heavy atom. The van der Waals surface area contributed by atoms with Crippen LogP contribution in [0.25, 0.3) is 0 Å². The van der Waals surface area contributed by atoms with E-state index in [9.17, 15) is 4.79 Å². The van der Waals surface area contributed by atoms with Gasteiger partial charge in [0.15, 0.2) is 11.5 Å². The molecule has 1 amide bonds. The first kappa shape index (κ1) is 18.3. The molecule has 1 aromatic rings. The van der Waals surface area contributed by atoms with Gasteiger partial charge < -0.3 is 14.4 Å². The fraction of sp³-hybridized carbons (Fsp3) is 0.696. The van der Waals surface area contributed by atoms with Crippen molar-refractivity contribution in [3.05, 3.63) is 23.8 Å². The van der Waals surface area contributed by atoms with E-state index in [2.05, 4.69) is 21.9 Å². The molecule has 0 aromatic heterocycles. The van der Waals surface area contributed by atoms with Crippen molar-refractivity contribution in [2.75, 3.05) is 32.8 Å². The molecule has 5 heteroatoms. The Bertz CT molecular complexity index is 720. The highest BCUT2D eigenvalue weighted by Gasteiger charge is 2.37. The first-order chi connectivity index (χ1) is 13.8. The second-order valence-corrected chi connectivity index (χ2v) is 8.87. The van der Waals surface area contributed by atoms with Gasteiger partial charge in [-0.05, 0) is 68.7 Å². The molecule has 28 heavy (non-hydrogen) atoms. The highest BCUT2D eigenvalue weighted by molar-refractivity contribution is 5.79. The van der Waals surface area contributed by atoms with Crippen molar-refractivity contribution in [3.63, 3.8) is 0 Å². The Labute approximate surface area is 168 Å². The lowest BCUT2D eigenvalue weighted by Crippen LogP contribution is -2.52. The molecule has 2 saturated heterocycles. The summed E-state index contributed by atoms with van der Waals surface area (Å²) < 4.78 is 11.4. The van der Waals surface area contributed by atoms with Gasteiger partial charge in [0.05, 0.1) is 6.54 Å². The van der Waals surface area contributed by atoms with Crippen LogP contribution in [0.2, 0.25) is 0 Å². The van der Waals surface area contributed by atoms with Gasteiger partial charge in [-0.3, -0.25) is 9.69 Å². The van der Waals surface area contributed by atoms with Crippen LogP contribution in [0.3, 0.4) is 0 Å². The molecule has 5 rings (SSSR count). The Morgan fingerprint density at radius 3 is 2.64 bits per heavy atom. The number of likely N-dealkylation sites (tertiary alicyclic amines) is 2. The van der Waals surface area contributed by atoms with Crippen LogP contribution in [0.1, 0.15) is 63.0 Å². The number of fused-ring (bicyclic) bond motifs is 2. The summed E-state index contributed by atoms with van der Waals surface area (Å²) in [5.74, 6) is 2.79. The third-order valence-electron chi connectivity index (χ3n) is 7.22. The number of rotatable bonds is 3. The number of ether oxygens (including phenoxy) is 2. The highest BCUT2D eigenvalue weighted by Crippen LogP contribution is 2.39. The minimum atomic E-state index is 0.312. The summed E-state index contributed by atoms with van der Waals surface area (Å²) in [6.45, 7) is 3.76. The van der Waals surface area contributed by atoms with E-state index in [4.69, 9.17) is 9.47 Å². The summed E-state index contributed by atoms with van der Waals surface area (Å²) in [6.07, 6.45) is 9.92. The Balaban J connectivity index is 1.28. The molecule has 152 valence electrons. The topological polar surface area (TPSA) is 42.0 Å². The molecule has 3 fully saturated rings. The van der Waals surface area contributed by atoms with E-state index in [0.29, 0.717) is 37.7 Å². The predicted octanol–water partition coefficient (Wildman–Crippen LogP) is 3.78. The van der Waals surface area contributed by atoms with Crippen LogP contribution in [-0.2, 0) is 4.79 Å². The third kappa shape index (κ3) is 3.49. The standard InChI is InChI=1S/C23H32N2O3/c26-23(25-12-3-6-17-5-1-2-7-20(17)25)16-24-11-4-8-19(24)18-9-10-21-22(15-18)28-14-13-27-21/h9-10,15,17,19-20H,1-8,11-14,16H2/t17-,19-,20-/m1/s1. The van der Waals surface area contributed by atoms with Crippen LogP contribution in [0, 0.1) is 5.92 Å². The quantitative estimate of drug-likeness (QED) is 0.795. The molecule has 4 aliphatic rings. The zero-order valence-corrected chi connectivity index (χ0v) is 16.8. The maximum absolute atomic E-state index is 13.3. The lowest BCUT2D eigenvalue weighted by molar-refractivity contribution is -0.139. The molecule has 3 atom stereocenters. The van der Waals surface area contributed by atoms with Crippen LogP contribution in [0.4, 0.5) is 0 Å². The van der Waals surface area contributed by atoms with Gasteiger partial charge in [-0.1, -0.05) is 18.9 Å². The maximum atomic E-state index is 13.3. The lowest BCUT2D eigenvalue weighted by atomic mass is 9.78. The molecule has 0 unspecified atom stereocenters.